The molecule has 0 atom stereocenters. The van der Waals surface area contributed by atoms with Crippen LogP contribution in [0.3, 0.4) is 0 Å². The Kier molecular flexibility index (Phi) is 4.49. The second kappa shape index (κ2) is 6.59. The third kappa shape index (κ3) is 3.22. The second-order valence-corrected chi connectivity index (χ2v) is 6.30. The Hall–Kier alpha value is -2.82. The minimum atomic E-state index is -0.317. The van der Waals surface area contributed by atoms with Gasteiger partial charge in [-0.15, -0.1) is 0 Å². The average molecular weight is 339 g/mol. The minimum absolute atomic E-state index is 0.317. The molecule has 4 nitrogen and oxygen atoms in total. The van der Waals surface area contributed by atoms with Crippen LogP contribution < -0.4 is 10.5 Å². The molecule has 0 fully saturated rings. The molecule has 3 rings (SSSR count). The predicted octanol–water partition coefficient (Wildman–Crippen LogP) is 4.31. The van der Waals surface area contributed by atoms with Crippen LogP contribution in [0.4, 0.5) is 10.1 Å². The van der Waals surface area contributed by atoms with Gasteiger partial charge in [-0.3, -0.25) is 0 Å². The van der Waals surface area contributed by atoms with Crippen molar-refractivity contribution in [1.82, 2.24) is 9.78 Å². The molecule has 0 radical (unpaired) electrons. The van der Waals surface area contributed by atoms with E-state index in [2.05, 4.69) is 5.10 Å². The summed E-state index contributed by atoms with van der Waals surface area (Å²) in [5.74, 6) is 0.462. The first-order valence-corrected chi connectivity index (χ1v) is 8.15. The molecular formula is C20H22FN3O. The number of anilines is 1. The van der Waals surface area contributed by atoms with Crippen LogP contribution in [0.1, 0.15) is 22.3 Å². The van der Waals surface area contributed by atoms with Crippen molar-refractivity contribution in [3.8, 4) is 17.0 Å². The Morgan fingerprint density at radius 3 is 2.48 bits per heavy atom. The Bertz CT molecular complexity index is 911. The molecule has 2 aromatic carbocycles. The first-order valence-electron chi connectivity index (χ1n) is 8.15. The molecule has 0 aliphatic heterocycles. The molecule has 1 heterocycles. The zero-order chi connectivity index (χ0) is 18.1. The molecule has 0 saturated carbocycles. The molecule has 2 N–H and O–H groups in total. The molecule has 5 heteroatoms. The van der Waals surface area contributed by atoms with Crippen molar-refractivity contribution in [2.45, 2.75) is 27.4 Å². The van der Waals surface area contributed by atoms with E-state index in [0.29, 0.717) is 17.9 Å². The number of hydrogen-bond donors (Lipinski definition) is 1. The van der Waals surface area contributed by atoms with Crippen molar-refractivity contribution in [1.29, 1.82) is 0 Å². The summed E-state index contributed by atoms with van der Waals surface area (Å²) < 4.78 is 21.1. The van der Waals surface area contributed by atoms with Crippen LogP contribution in [-0.4, -0.2) is 9.78 Å². The van der Waals surface area contributed by atoms with Gasteiger partial charge in [0.05, 0.1) is 5.69 Å². The van der Waals surface area contributed by atoms with Crippen molar-refractivity contribution in [2.75, 3.05) is 5.73 Å². The fourth-order valence-electron chi connectivity index (χ4n) is 2.91. The molecule has 0 bridgehead atoms. The van der Waals surface area contributed by atoms with Crippen LogP contribution in [0, 0.1) is 26.7 Å². The SMILES string of the molecule is Cc1cc(-c2nn(C)c(F)c2C)ccc1OCc1c(C)cccc1N. The fourth-order valence-corrected chi connectivity index (χ4v) is 2.91. The minimum Gasteiger partial charge on any atom is -0.489 e. The predicted molar refractivity (Wildman–Crippen MR) is 98.0 cm³/mol. The molecule has 0 amide bonds. The van der Waals surface area contributed by atoms with Gasteiger partial charge in [0.25, 0.3) is 0 Å². The van der Waals surface area contributed by atoms with Crippen LogP contribution in [0.5, 0.6) is 5.75 Å². The van der Waals surface area contributed by atoms with E-state index < -0.39 is 0 Å². The standard InChI is InChI=1S/C20H22FN3O/c1-12-6-5-7-17(22)16(12)11-25-18-9-8-15(10-13(18)2)19-14(3)20(21)24(4)23-19/h5-10H,11,22H2,1-4H3. The highest BCUT2D eigenvalue weighted by Crippen LogP contribution is 2.29. The van der Waals surface area contributed by atoms with E-state index in [4.69, 9.17) is 10.5 Å². The van der Waals surface area contributed by atoms with E-state index >= 15 is 0 Å². The number of rotatable bonds is 4. The molecule has 1 aromatic heterocycles. The van der Waals surface area contributed by atoms with E-state index in [1.807, 2.05) is 50.2 Å². The van der Waals surface area contributed by atoms with Crippen LogP contribution in [-0.2, 0) is 13.7 Å². The maximum atomic E-state index is 13.9. The summed E-state index contributed by atoms with van der Waals surface area (Å²) in [5, 5.41) is 4.25. The Labute approximate surface area is 147 Å². The van der Waals surface area contributed by atoms with Gasteiger partial charge < -0.3 is 10.5 Å². The summed E-state index contributed by atoms with van der Waals surface area (Å²) in [4.78, 5) is 0. The maximum Gasteiger partial charge on any atom is 0.214 e. The number of benzene rings is 2. The zero-order valence-corrected chi connectivity index (χ0v) is 14.9. The van der Waals surface area contributed by atoms with Crippen LogP contribution in [0.2, 0.25) is 0 Å². The Morgan fingerprint density at radius 2 is 1.88 bits per heavy atom. The average Bonchev–Trinajstić information content (AvgIpc) is 2.83. The highest BCUT2D eigenvalue weighted by Gasteiger charge is 2.14. The number of hydrogen-bond acceptors (Lipinski definition) is 3. The van der Waals surface area contributed by atoms with E-state index in [-0.39, 0.29) is 5.95 Å². The number of nitrogen functional groups attached to an aromatic ring is 1. The molecule has 0 saturated heterocycles. The van der Waals surface area contributed by atoms with Gasteiger partial charge in [0.15, 0.2) is 0 Å². The van der Waals surface area contributed by atoms with Gasteiger partial charge in [-0.25, -0.2) is 4.68 Å². The van der Waals surface area contributed by atoms with Crippen LogP contribution in [0.15, 0.2) is 36.4 Å². The van der Waals surface area contributed by atoms with Crippen molar-refractivity contribution in [3.63, 3.8) is 0 Å². The fraction of sp³-hybridized carbons (Fsp3) is 0.250. The van der Waals surface area contributed by atoms with E-state index in [9.17, 15) is 4.39 Å². The molecule has 0 aliphatic rings. The lowest BCUT2D eigenvalue weighted by molar-refractivity contribution is 0.304. The highest BCUT2D eigenvalue weighted by atomic mass is 19.1. The number of aromatic nitrogens is 2. The molecule has 25 heavy (non-hydrogen) atoms. The van der Waals surface area contributed by atoms with Gasteiger partial charge in [-0.2, -0.15) is 9.49 Å². The van der Waals surface area contributed by atoms with Gasteiger partial charge in [0.2, 0.25) is 5.95 Å². The van der Waals surface area contributed by atoms with Crippen molar-refractivity contribution in [2.24, 2.45) is 7.05 Å². The van der Waals surface area contributed by atoms with Gasteiger partial charge >= 0.3 is 0 Å². The largest absolute Gasteiger partial charge is 0.489 e. The maximum absolute atomic E-state index is 13.9. The summed E-state index contributed by atoms with van der Waals surface area (Å²) in [5.41, 5.74) is 11.9. The number of nitrogens with zero attached hydrogens (tertiary/aromatic N) is 2. The lowest BCUT2D eigenvalue weighted by Gasteiger charge is -2.13. The lowest BCUT2D eigenvalue weighted by Crippen LogP contribution is -2.03. The summed E-state index contributed by atoms with van der Waals surface area (Å²) in [6.07, 6.45) is 0. The molecule has 0 aliphatic carbocycles. The molecule has 0 unspecified atom stereocenters. The number of nitrogens with two attached hydrogens (primary N) is 1. The summed E-state index contributed by atoms with van der Waals surface area (Å²) in [6.45, 7) is 6.13. The van der Waals surface area contributed by atoms with Gasteiger partial charge in [-0.1, -0.05) is 12.1 Å². The molecule has 3 aromatic rings. The van der Waals surface area contributed by atoms with E-state index in [1.165, 1.54) is 4.68 Å². The summed E-state index contributed by atoms with van der Waals surface area (Å²) >= 11 is 0. The first-order chi connectivity index (χ1) is 11.9. The quantitative estimate of drug-likeness (QED) is 0.721. The van der Waals surface area contributed by atoms with E-state index in [1.54, 1.807) is 14.0 Å². The van der Waals surface area contributed by atoms with Crippen LogP contribution >= 0.6 is 0 Å². The third-order valence-electron chi connectivity index (χ3n) is 4.47. The van der Waals surface area contributed by atoms with Gasteiger partial charge in [-0.05, 0) is 56.2 Å². The third-order valence-corrected chi connectivity index (χ3v) is 4.47. The second-order valence-electron chi connectivity index (χ2n) is 6.30. The normalized spacial score (nSPS) is 10.9. The Balaban J connectivity index is 1.84. The molecular weight excluding hydrogens is 317 g/mol. The topological polar surface area (TPSA) is 53.1 Å². The molecule has 130 valence electrons. The smallest absolute Gasteiger partial charge is 0.214 e. The van der Waals surface area contributed by atoms with Crippen LogP contribution in [0.25, 0.3) is 11.3 Å². The zero-order valence-electron chi connectivity index (χ0n) is 14.9. The highest BCUT2D eigenvalue weighted by molar-refractivity contribution is 5.65. The van der Waals surface area contributed by atoms with E-state index in [0.717, 1.165) is 33.7 Å². The summed E-state index contributed by atoms with van der Waals surface area (Å²) in [6, 6.07) is 11.6. The number of halogens is 1. The Morgan fingerprint density at radius 1 is 1.12 bits per heavy atom. The summed E-state index contributed by atoms with van der Waals surface area (Å²) in [7, 11) is 1.60. The van der Waals surface area contributed by atoms with Crippen molar-refractivity contribution in [3.05, 3.63) is 64.6 Å². The van der Waals surface area contributed by atoms with Gasteiger partial charge in [0, 0.05) is 29.4 Å². The monoisotopic (exact) mass is 339 g/mol. The van der Waals surface area contributed by atoms with Crippen molar-refractivity contribution >= 4 is 5.69 Å². The first kappa shape index (κ1) is 17.0. The van der Waals surface area contributed by atoms with Crippen molar-refractivity contribution < 1.29 is 9.13 Å². The number of ether oxygens (including phenoxy) is 1. The number of aryl methyl sites for hydroxylation is 3. The molecule has 0 spiro atoms. The van der Waals surface area contributed by atoms with Gasteiger partial charge in [0.1, 0.15) is 12.4 Å². The lowest BCUT2D eigenvalue weighted by atomic mass is 10.1.